The van der Waals surface area contributed by atoms with Gasteiger partial charge in [0.1, 0.15) is 29.6 Å². The summed E-state index contributed by atoms with van der Waals surface area (Å²) in [5.74, 6) is 2.45. The van der Waals surface area contributed by atoms with E-state index in [-0.39, 0.29) is 5.78 Å². The number of ketones is 1. The average molecular weight is 899 g/mol. The number of aryl methyl sites for hydroxylation is 1. The Morgan fingerprint density at radius 2 is 1.64 bits per heavy atom. The van der Waals surface area contributed by atoms with Gasteiger partial charge in [0.15, 0.2) is 5.75 Å². The third kappa shape index (κ3) is 8.13. The molecule has 0 N–H and O–H groups in total. The summed E-state index contributed by atoms with van der Waals surface area (Å²) in [5.41, 5.74) is 1.77. The fraction of sp³-hybridized carbons (Fsp3) is 0.318. The molecule has 0 aliphatic carbocycles. The third-order valence-corrected chi connectivity index (χ3v) is 7.59. The quantitative estimate of drug-likeness (QED) is 0.168. The molecule has 3 rings (SSSR count). The molecule has 0 unspecified atom stereocenters. The number of halogens is 4. The Kier molecular flexibility index (Phi) is 10.9. The molecule has 176 valence electrons. The first-order valence-corrected chi connectivity index (χ1v) is 14.2. The number of rotatable bonds is 11. The highest BCUT2D eigenvalue weighted by Gasteiger charge is 2.15. The van der Waals surface area contributed by atoms with Gasteiger partial charge >= 0.3 is 0 Å². The summed E-state index contributed by atoms with van der Waals surface area (Å²) in [5, 5.41) is 8.31. The van der Waals surface area contributed by atoms with Gasteiger partial charge in [0.05, 0.1) is 20.5 Å². The molecule has 0 amide bonds. The van der Waals surface area contributed by atoms with Crippen molar-refractivity contribution in [1.29, 1.82) is 0 Å². The van der Waals surface area contributed by atoms with Crippen molar-refractivity contribution in [1.82, 2.24) is 15.0 Å². The van der Waals surface area contributed by atoms with E-state index in [1.54, 1.807) is 18.7 Å². The Bertz CT molecular complexity index is 1090. The second kappa shape index (κ2) is 13.2. The van der Waals surface area contributed by atoms with E-state index in [1.807, 2.05) is 30.5 Å². The van der Waals surface area contributed by atoms with Crippen LogP contribution in [0.5, 0.6) is 17.2 Å². The monoisotopic (exact) mass is 899 g/mol. The predicted octanol–water partition coefficient (Wildman–Crippen LogP) is 6.24. The van der Waals surface area contributed by atoms with Crippen LogP contribution in [0.1, 0.15) is 24.6 Å². The van der Waals surface area contributed by atoms with E-state index in [0.717, 1.165) is 55.8 Å². The fourth-order valence-corrected chi connectivity index (χ4v) is 7.12. The number of Topliss-reactive ketones (excluding diaryl/α,β-unsaturated/α-hetero) is 1. The zero-order chi connectivity index (χ0) is 24.0. The minimum Gasteiger partial charge on any atom is -0.485 e. The minimum atomic E-state index is 0.142. The fourth-order valence-electron chi connectivity index (χ4n) is 2.98. The van der Waals surface area contributed by atoms with E-state index < -0.39 is 0 Å². The summed E-state index contributed by atoms with van der Waals surface area (Å²) >= 11 is 9.01. The molecule has 0 spiro atoms. The van der Waals surface area contributed by atoms with E-state index in [2.05, 4.69) is 101 Å². The summed E-state index contributed by atoms with van der Waals surface area (Å²) in [6.07, 6.45) is 3.20. The number of hydrogen-bond donors (Lipinski definition) is 0. The molecule has 0 atom stereocenters. The van der Waals surface area contributed by atoms with Gasteiger partial charge in [-0.2, -0.15) is 0 Å². The maximum absolute atomic E-state index is 11.5. The van der Waals surface area contributed by atoms with Crippen molar-refractivity contribution < 1.29 is 19.0 Å². The van der Waals surface area contributed by atoms with Gasteiger partial charge in [-0.15, -0.1) is 5.10 Å². The molecule has 0 radical (unpaired) electrons. The number of hydrogen-bond acceptors (Lipinski definition) is 6. The molecule has 0 fully saturated rings. The van der Waals surface area contributed by atoms with Crippen molar-refractivity contribution in [2.75, 3.05) is 13.7 Å². The summed E-state index contributed by atoms with van der Waals surface area (Å²) in [4.78, 5) is 11.5. The highest BCUT2D eigenvalue weighted by atomic mass is 127. The summed E-state index contributed by atoms with van der Waals surface area (Å²) in [6.45, 7) is 3.39. The molecule has 0 saturated heterocycles. The maximum Gasteiger partial charge on any atom is 0.154 e. The number of methoxy groups -OCH3 is 1. The number of nitrogens with zero attached hydrogens (tertiary/aromatic N) is 3. The highest BCUT2D eigenvalue weighted by Crippen LogP contribution is 2.37. The van der Waals surface area contributed by atoms with Gasteiger partial charge in [-0.3, -0.25) is 9.48 Å². The Morgan fingerprint density at radius 3 is 2.24 bits per heavy atom. The summed E-state index contributed by atoms with van der Waals surface area (Å²) < 4.78 is 23.0. The topological polar surface area (TPSA) is 75.5 Å². The van der Waals surface area contributed by atoms with E-state index in [4.69, 9.17) is 14.2 Å². The van der Waals surface area contributed by atoms with Gasteiger partial charge in [-0.1, -0.05) is 5.21 Å². The van der Waals surface area contributed by atoms with E-state index in [9.17, 15) is 4.79 Å². The van der Waals surface area contributed by atoms with Crippen molar-refractivity contribution in [2.45, 2.75) is 32.9 Å². The Morgan fingerprint density at radius 1 is 1.00 bits per heavy atom. The second-order valence-corrected chi connectivity index (χ2v) is 11.8. The SMILES string of the molecule is COCCCn1cc(COc2c(I)cc(Oc3c(I)cc(CC(C)=O)cc3I)cc2I)nn1. The van der Waals surface area contributed by atoms with Crippen LogP contribution in [0.4, 0.5) is 0 Å². The van der Waals surface area contributed by atoms with Gasteiger partial charge in [0, 0.05) is 26.7 Å². The van der Waals surface area contributed by atoms with E-state index in [0.29, 0.717) is 19.6 Å². The lowest BCUT2D eigenvalue weighted by molar-refractivity contribution is -0.116. The zero-order valence-corrected chi connectivity index (χ0v) is 26.5. The second-order valence-electron chi connectivity index (χ2n) is 7.19. The first-order chi connectivity index (χ1) is 15.8. The molecule has 0 saturated carbocycles. The van der Waals surface area contributed by atoms with Crippen LogP contribution in [0, 0.1) is 14.3 Å². The Balaban J connectivity index is 1.69. The van der Waals surface area contributed by atoms with Crippen molar-refractivity contribution in [3.05, 3.63) is 56.0 Å². The van der Waals surface area contributed by atoms with Crippen LogP contribution in [0.25, 0.3) is 0 Å². The van der Waals surface area contributed by atoms with E-state index in [1.165, 1.54) is 0 Å². The molecule has 0 aliphatic heterocycles. The molecule has 0 bridgehead atoms. The molecule has 2 aromatic carbocycles. The molecule has 0 aliphatic rings. The van der Waals surface area contributed by atoms with Crippen LogP contribution in [-0.4, -0.2) is 34.5 Å². The Labute approximate surface area is 247 Å². The third-order valence-electron chi connectivity index (χ3n) is 4.39. The lowest BCUT2D eigenvalue weighted by Crippen LogP contribution is -2.02. The molecule has 33 heavy (non-hydrogen) atoms. The molecular weight excluding hydrogens is 878 g/mol. The van der Waals surface area contributed by atoms with Gasteiger partial charge in [-0.25, -0.2) is 0 Å². The minimum absolute atomic E-state index is 0.142. The molecule has 1 aromatic heterocycles. The average Bonchev–Trinajstić information content (AvgIpc) is 3.17. The van der Waals surface area contributed by atoms with Crippen LogP contribution >= 0.6 is 90.4 Å². The molecule has 1 heterocycles. The Hall–Kier alpha value is -0.270. The summed E-state index contributed by atoms with van der Waals surface area (Å²) in [6, 6.07) is 7.90. The lowest BCUT2D eigenvalue weighted by atomic mass is 10.1. The first kappa shape index (κ1) is 27.3. The van der Waals surface area contributed by atoms with Crippen LogP contribution < -0.4 is 9.47 Å². The standard InChI is InChI=1S/C22H21I4N3O4/c1-13(30)6-14-7-17(23)22(18(24)8-14)33-16-9-19(25)21(20(26)10-16)32-12-15-11-29(28-27-15)4-3-5-31-2/h7-11H,3-6,12H2,1-2H3. The predicted molar refractivity (Wildman–Crippen MR) is 159 cm³/mol. The van der Waals surface area contributed by atoms with Crippen molar-refractivity contribution in [2.24, 2.45) is 0 Å². The van der Waals surface area contributed by atoms with Crippen LogP contribution in [0.15, 0.2) is 30.5 Å². The lowest BCUT2D eigenvalue weighted by Gasteiger charge is -2.15. The zero-order valence-electron chi connectivity index (χ0n) is 17.9. The van der Waals surface area contributed by atoms with Crippen molar-refractivity contribution >= 4 is 96.1 Å². The summed E-state index contributed by atoms with van der Waals surface area (Å²) in [7, 11) is 1.69. The maximum atomic E-state index is 11.5. The molecule has 11 heteroatoms. The van der Waals surface area contributed by atoms with Gasteiger partial charge < -0.3 is 14.2 Å². The van der Waals surface area contributed by atoms with E-state index >= 15 is 0 Å². The number of carbonyl (C=O) groups excluding carboxylic acids is 1. The largest absolute Gasteiger partial charge is 0.485 e. The molecule has 3 aromatic rings. The van der Waals surface area contributed by atoms with Crippen LogP contribution in [0.2, 0.25) is 0 Å². The number of aromatic nitrogens is 3. The van der Waals surface area contributed by atoms with Crippen molar-refractivity contribution in [3.63, 3.8) is 0 Å². The first-order valence-electron chi connectivity index (χ1n) is 9.91. The number of carbonyl (C=O) groups is 1. The number of benzene rings is 2. The van der Waals surface area contributed by atoms with Gasteiger partial charge in [0.2, 0.25) is 0 Å². The van der Waals surface area contributed by atoms with Gasteiger partial charge in [0.25, 0.3) is 0 Å². The van der Waals surface area contributed by atoms with Gasteiger partial charge in [-0.05, 0) is 134 Å². The van der Waals surface area contributed by atoms with Crippen molar-refractivity contribution in [3.8, 4) is 17.2 Å². The molecular formula is C22H21I4N3O4. The number of ether oxygens (including phenoxy) is 3. The normalized spacial score (nSPS) is 11.0. The molecule has 7 nitrogen and oxygen atoms in total. The van der Waals surface area contributed by atoms with Crippen LogP contribution in [0.3, 0.4) is 0 Å². The smallest absolute Gasteiger partial charge is 0.154 e. The highest BCUT2D eigenvalue weighted by molar-refractivity contribution is 14.1. The van der Waals surface area contributed by atoms with Crippen LogP contribution in [-0.2, 0) is 29.1 Å².